The fraction of sp³-hybridized carbons (Fsp3) is 0.407. The number of halogens is 3. The lowest BCUT2D eigenvalue weighted by Crippen LogP contribution is -2.50. The minimum Gasteiger partial charge on any atom is -0.618 e. The lowest BCUT2D eigenvalue weighted by atomic mass is 9.78. The third-order valence-electron chi connectivity index (χ3n) is 7.26. The molecule has 2 N–H and O–H groups in total. The zero-order valence-corrected chi connectivity index (χ0v) is 21.3. The number of benzene rings is 1. The molecule has 4 rings (SSSR count). The van der Waals surface area contributed by atoms with Crippen molar-refractivity contribution in [2.24, 2.45) is 11.8 Å². The van der Waals surface area contributed by atoms with E-state index in [1.54, 1.807) is 44.2 Å². The highest BCUT2D eigenvalue weighted by Crippen LogP contribution is 2.40. The van der Waals surface area contributed by atoms with E-state index in [1.807, 2.05) is 6.92 Å². The zero-order chi connectivity index (χ0) is 27.6. The summed E-state index contributed by atoms with van der Waals surface area (Å²) in [6.07, 6.45) is -1.60. The molecule has 1 aromatic carbocycles. The van der Waals surface area contributed by atoms with E-state index in [-0.39, 0.29) is 31.2 Å². The molecule has 1 saturated carbocycles. The fourth-order valence-electron chi connectivity index (χ4n) is 5.05. The first kappa shape index (κ1) is 27.2. The highest BCUT2D eigenvalue weighted by atomic mass is 19.4. The standard InChI is InChI=1S/C27H29F3N4O4/c1-15-12-13-34(37)17(3)23(15)18-6-10-21(11-7-18)31-26(36)24(32-25(35)22-14-38-33-16(22)2)19-4-8-20(9-5-19)27(28,29)30/h6-7,10-14,19-20,24H,4-5,8-9H2,1-3H3,(H,31,36)(H,32,35)/t19?,20?,24-/m0/s1. The first-order chi connectivity index (χ1) is 18.0. The van der Waals surface area contributed by atoms with Gasteiger partial charge in [0.1, 0.15) is 17.9 Å². The van der Waals surface area contributed by atoms with Crippen molar-refractivity contribution in [1.82, 2.24) is 10.5 Å². The highest BCUT2D eigenvalue weighted by Gasteiger charge is 2.44. The number of nitrogens with zero attached hydrogens (tertiary/aromatic N) is 2. The number of carbonyl (C=O) groups excluding carboxylic acids is 2. The van der Waals surface area contributed by atoms with Crippen molar-refractivity contribution in [3.8, 4) is 11.1 Å². The summed E-state index contributed by atoms with van der Waals surface area (Å²) in [6.45, 7) is 5.20. The first-order valence-corrected chi connectivity index (χ1v) is 12.3. The molecule has 0 radical (unpaired) electrons. The van der Waals surface area contributed by atoms with E-state index in [1.165, 1.54) is 6.20 Å². The minimum atomic E-state index is -4.28. The molecule has 0 aliphatic heterocycles. The van der Waals surface area contributed by atoms with Crippen LogP contribution in [0.3, 0.4) is 0 Å². The Morgan fingerprint density at radius 3 is 2.32 bits per heavy atom. The second-order valence-corrected chi connectivity index (χ2v) is 9.77. The number of aryl methyl sites for hydroxylation is 2. The average Bonchev–Trinajstić information content (AvgIpc) is 3.31. The lowest BCUT2D eigenvalue weighted by Gasteiger charge is -2.34. The number of hydrogen-bond acceptors (Lipinski definition) is 5. The maximum atomic E-state index is 13.4. The van der Waals surface area contributed by atoms with Gasteiger partial charge in [-0.15, -0.1) is 0 Å². The van der Waals surface area contributed by atoms with Crippen LogP contribution in [0, 0.1) is 37.8 Å². The molecule has 8 nitrogen and oxygen atoms in total. The summed E-state index contributed by atoms with van der Waals surface area (Å²) in [7, 11) is 0. The second-order valence-electron chi connectivity index (χ2n) is 9.77. The van der Waals surface area contributed by atoms with Gasteiger partial charge in [0.05, 0.1) is 17.2 Å². The third-order valence-corrected chi connectivity index (χ3v) is 7.26. The van der Waals surface area contributed by atoms with Gasteiger partial charge in [-0.1, -0.05) is 17.3 Å². The molecule has 0 saturated heterocycles. The van der Waals surface area contributed by atoms with Crippen LogP contribution in [0.1, 0.15) is 53.0 Å². The van der Waals surface area contributed by atoms with Crippen LogP contribution in [0.25, 0.3) is 11.1 Å². The molecule has 2 heterocycles. The van der Waals surface area contributed by atoms with Crippen molar-refractivity contribution >= 4 is 17.5 Å². The molecule has 38 heavy (non-hydrogen) atoms. The van der Waals surface area contributed by atoms with Gasteiger partial charge in [0, 0.05) is 18.7 Å². The molecular weight excluding hydrogens is 501 g/mol. The maximum Gasteiger partial charge on any atom is 0.391 e. The van der Waals surface area contributed by atoms with E-state index < -0.39 is 35.9 Å². The van der Waals surface area contributed by atoms with Gasteiger partial charge in [0.25, 0.3) is 5.91 Å². The van der Waals surface area contributed by atoms with E-state index in [4.69, 9.17) is 4.52 Å². The van der Waals surface area contributed by atoms with E-state index in [0.29, 0.717) is 17.1 Å². The largest absolute Gasteiger partial charge is 0.618 e. The molecule has 11 heteroatoms. The van der Waals surface area contributed by atoms with Crippen molar-refractivity contribution in [3.05, 3.63) is 70.5 Å². The van der Waals surface area contributed by atoms with Crippen LogP contribution in [0.15, 0.2) is 47.3 Å². The van der Waals surface area contributed by atoms with Crippen molar-refractivity contribution in [3.63, 3.8) is 0 Å². The van der Waals surface area contributed by atoms with Gasteiger partial charge in [-0.05, 0) is 68.7 Å². The van der Waals surface area contributed by atoms with Crippen LogP contribution in [0.5, 0.6) is 0 Å². The average molecular weight is 531 g/mol. The molecule has 1 fully saturated rings. The van der Waals surface area contributed by atoms with Crippen molar-refractivity contribution in [1.29, 1.82) is 0 Å². The SMILES string of the molecule is Cc1cc[n+]([O-])c(C)c1-c1ccc(NC(=O)[C@@H](NC(=O)c2conc2C)C2CCC(C(F)(F)F)CC2)cc1. The number of rotatable bonds is 6. The van der Waals surface area contributed by atoms with E-state index in [0.717, 1.165) is 27.7 Å². The van der Waals surface area contributed by atoms with Gasteiger partial charge < -0.3 is 20.4 Å². The molecule has 1 aliphatic carbocycles. The molecule has 0 bridgehead atoms. The third kappa shape index (κ3) is 5.81. The molecule has 0 unspecified atom stereocenters. The van der Waals surface area contributed by atoms with Crippen LogP contribution >= 0.6 is 0 Å². The van der Waals surface area contributed by atoms with E-state index in [9.17, 15) is 28.0 Å². The number of nitrogens with one attached hydrogen (secondary N) is 2. The fourth-order valence-corrected chi connectivity index (χ4v) is 5.05. The van der Waals surface area contributed by atoms with Crippen molar-refractivity contribution in [2.75, 3.05) is 5.32 Å². The summed E-state index contributed by atoms with van der Waals surface area (Å²) in [5, 5.41) is 21.2. The summed E-state index contributed by atoms with van der Waals surface area (Å²) in [5.74, 6) is -3.00. The predicted octanol–water partition coefficient (Wildman–Crippen LogP) is 5.01. The number of anilines is 1. The van der Waals surface area contributed by atoms with Crippen LogP contribution in [-0.4, -0.2) is 29.2 Å². The monoisotopic (exact) mass is 530 g/mol. The summed E-state index contributed by atoms with van der Waals surface area (Å²) in [6, 6.07) is 7.57. The number of pyridine rings is 1. The first-order valence-electron chi connectivity index (χ1n) is 12.3. The van der Waals surface area contributed by atoms with Crippen LogP contribution in [-0.2, 0) is 4.79 Å². The molecule has 202 valence electrons. The number of amides is 2. The molecular formula is C27H29F3N4O4. The lowest BCUT2D eigenvalue weighted by molar-refractivity contribution is -0.611. The Morgan fingerprint density at radius 1 is 1.08 bits per heavy atom. The number of hydrogen-bond donors (Lipinski definition) is 2. The molecule has 0 spiro atoms. The summed E-state index contributed by atoms with van der Waals surface area (Å²) >= 11 is 0. The number of carbonyl (C=O) groups is 2. The summed E-state index contributed by atoms with van der Waals surface area (Å²) in [4.78, 5) is 26.2. The van der Waals surface area contributed by atoms with Gasteiger partial charge in [-0.25, -0.2) is 0 Å². The predicted molar refractivity (Wildman–Crippen MR) is 133 cm³/mol. The van der Waals surface area contributed by atoms with E-state index >= 15 is 0 Å². The Hall–Kier alpha value is -3.89. The normalized spacial score (nSPS) is 18.6. The van der Waals surface area contributed by atoms with Gasteiger partial charge in [0.15, 0.2) is 11.9 Å². The van der Waals surface area contributed by atoms with Gasteiger partial charge >= 0.3 is 6.18 Å². The zero-order valence-electron chi connectivity index (χ0n) is 21.3. The quantitative estimate of drug-likeness (QED) is 0.344. The Balaban J connectivity index is 1.53. The van der Waals surface area contributed by atoms with Crippen molar-refractivity contribution in [2.45, 2.75) is 58.7 Å². The van der Waals surface area contributed by atoms with Crippen LogP contribution in [0.4, 0.5) is 18.9 Å². The van der Waals surface area contributed by atoms with Gasteiger partial charge in [-0.3, -0.25) is 9.59 Å². The molecule has 2 aromatic heterocycles. The smallest absolute Gasteiger partial charge is 0.391 e. The molecule has 2 amide bonds. The molecule has 3 aromatic rings. The number of aromatic nitrogens is 2. The summed E-state index contributed by atoms with van der Waals surface area (Å²) in [5.41, 5.74) is 3.99. The second kappa shape index (κ2) is 10.8. The number of alkyl halides is 3. The Kier molecular flexibility index (Phi) is 7.75. The van der Waals surface area contributed by atoms with E-state index in [2.05, 4.69) is 15.8 Å². The maximum absolute atomic E-state index is 13.4. The van der Waals surface area contributed by atoms with Crippen LogP contribution in [0.2, 0.25) is 0 Å². The Labute approximate surface area is 217 Å². The molecule has 1 atom stereocenters. The topological polar surface area (TPSA) is 111 Å². The van der Waals surface area contributed by atoms with Gasteiger partial charge in [0.2, 0.25) is 5.91 Å². The van der Waals surface area contributed by atoms with Crippen LogP contribution < -0.4 is 15.4 Å². The Bertz CT molecular complexity index is 1310. The Morgan fingerprint density at radius 2 is 1.74 bits per heavy atom. The van der Waals surface area contributed by atoms with Gasteiger partial charge in [-0.2, -0.15) is 17.9 Å². The summed E-state index contributed by atoms with van der Waals surface area (Å²) < 4.78 is 45.2. The molecule has 1 aliphatic rings. The highest BCUT2D eigenvalue weighted by molar-refractivity contribution is 6.01. The minimum absolute atomic E-state index is 0.107. The van der Waals surface area contributed by atoms with Crippen molar-refractivity contribution < 1.29 is 32.0 Å².